The molecule has 0 fully saturated rings. The van der Waals surface area contributed by atoms with Gasteiger partial charge < -0.3 is 21.1 Å². The highest BCUT2D eigenvalue weighted by Gasteiger charge is 2.39. The van der Waals surface area contributed by atoms with Crippen molar-refractivity contribution in [1.82, 2.24) is 10.2 Å². The molecule has 0 saturated carbocycles. The first kappa shape index (κ1) is 29.9. The summed E-state index contributed by atoms with van der Waals surface area (Å²) in [5.41, 5.74) is 6.32. The van der Waals surface area contributed by atoms with E-state index in [0.29, 0.717) is 10.5 Å². The molecule has 12 heteroatoms. The SMILES string of the molecule is CC(C)C[C@@H](C(=O)Nc1ccc([N+](=O)[O-])cc1)N(C(=O)OCc1ccccc1)C(=O)[C@H](C)NC(=O)[C@H](C)N. The number of imide groups is 1. The Morgan fingerprint density at radius 2 is 1.58 bits per heavy atom. The van der Waals surface area contributed by atoms with Crippen LogP contribution in [0.2, 0.25) is 0 Å². The van der Waals surface area contributed by atoms with Gasteiger partial charge in [-0.2, -0.15) is 0 Å². The Hall–Kier alpha value is -4.32. The Balaban J connectivity index is 2.37. The molecular weight excluding hydrogens is 494 g/mol. The number of hydrogen-bond acceptors (Lipinski definition) is 8. The predicted octanol–water partition coefficient (Wildman–Crippen LogP) is 2.97. The van der Waals surface area contributed by atoms with E-state index in [4.69, 9.17) is 10.5 Å². The minimum atomic E-state index is -1.31. The van der Waals surface area contributed by atoms with Crippen molar-refractivity contribution in [3.05, 3.63) is 70.3 Å². The van der Waals surface area contributed by atoms with Crippen molar-refractivity contribution in [2.45, 2.75) is 58.8 Å². The van der Waals surface area contributed by atoms with E-state index in [1.807, 2.05) is 13.8 Å². The zero-order chi connectivity index (χ0) is 28.4. The lowest BCUT2D eigenvalue weighted by atomic mass is 10.0. The molecule has 0 bridgehead atoms. The van der Waals surface area contributed by atoms with Crippen LogP contribution in [0.25, 0.3) is 0 Å². The monoisotopic (exact) mass is 527 g/mol. The average Bonchev–Trinajstić information content (AvgIpc) is 2.87. The lowest BCUT2D eigenvalue weighted by molar-refractivity contribution is -0.384. The van der Waals surface area contributed by atoms with Crippen LogP contribution in [-0.2, 0) is 25.7 Å². The maximum Gasteiger partial charge on any atom is 0.417 e. The molecule has 0 unspecified atom stereocenters. The first-order valence-corrected chi connectivity index (χ1v) is 12.1. The Morgan fingerprint density at radius 3 is 2.11 bits per heavy atom. The molecule has 2 rings (SSSR count). The topological polar surface area (TPSA) is 174 Å². The maximum atomic E-state index is 13.5. The highest BCUT2D eigenvalue weighted by molar-refractivity contribution is 6.04. The predicted molar refractivity (Wildman–Crippen MR) is 140 cm³/mol. The van der Waals surface area contributed by atoms with Gasteiger partial charge in [0, 0.05) is 17.8 Å². The van der Waals surface area contributed by atoms with Gasteiger partial charge in [-0.1, -0.05) is 44.2 Å². The zero-order valence-corrected chi connectivity index (χ0v) is 21.7. The minimum absolute atomic E-state index is 0.0823. The number of carbonyl (C=O) groups is 4. The number of nitrogens with one attached hydrogen (secondary N) is 2. The third-order valence-corrected chi connectivity index (χ3v) is 5.44. The largest absolute Gasteiger partial charge is 0.444 e. The number of amides is 4. The van der Waals surface area contributed by atoms with E-state index in [0.717, 1.165) is 0 Å². The van der Waals surface area contributed by atoms with Crippen molar-refractivity contribution in [3.63, 3.8) is 0 Å². The van der Waals surface area contributed by atoms with E-state index in [1.54, 1.807) is 30.3 Å². The normalized spacial score (nSPS) is 13.1. The number of nitro groups is 1. The lowest BCUT2D eigenvalue weighted by Crippen LogP contribution is -2.57. The quantitative estimate of drug-likeness (QED) is 0.295. The van der Waals surface area contributed by atoms with Gasteiger partial charge in [0.15, 0.2) is 0 Å². The molecule has 204 valence electrons. The fraction of sp³-hybridized carbons (Fsp3) is 0.385. The summed E-state index contributed by atoms with van der Waals surface area (Å²) in [6.45, 7) is 6.29. The van der Waals surface area contributed by atoms with Crippen LogP contribution in [0.1, 0.15) is 39.7 Å². The van der Waals surface area contributed by atoms with Gasteiger partial charge in [0.25, 0.3) is 11.6 Å². The van der Waals surface area contributed by atoms with Gasteiger partial charge in [-0.25, -0.2) is 9.69 Å². The fourth-order valence-electron chi connectivity index (χ4n) is 3.44. The molecule has 0 aliphatic carbocycles. The van der Waals surface area contributed by atoms with Gasteiger partial charge in [0.05, 0.1) is 11.0 Å². The van der Waals surface area contributed by atoms with Crippen LogP contribution < -0.4 is 16.4 Å². The molecule has 0 aliphatic heterocycles. The summed E-state index contributed by atoms with van der Waals surface area (Å²) in [4.78, 5) is 63.3. The summed E-state index contributed by atoms with van der Waals surface area (Å²) in [7, 11) is 0. The summed E-state index contributed by atoms with van der Waals surface area (Å²) in [6, 6.07) is 10.5. The van der Waals surface area contributed by atoms with Crippen molar-refractivity contribution in [1.29, 1.82) is 0 Å². The zero-order valence-electron chi connectivity index (χ0n) is 21.7. The number of rotatable bonds is 11. The third-order valence-electron chi connectivity index (χ3n) is 5.44. The first-order valence-electron chi connectivity index (χ1n) is 12.1. The third kappa shape index (κ3) is 8.66. The number of nitro benzene ring substituents is 1. The van der Waals surface area contributed by atoms with Gasteiger partial charge in [-0.3, -0.25) is 24.5 Å². The molecule has 38 heavy (non-hydrogen) atoms. The number of non-ortho nitro benzene ring substituents is 1. The first-order chi connectivity index (χ1) is 17.9. The van der Waals surface area contributed by atoms with Crippen molar-refractivity contribution >= 4 is 35.2 Å². The fourth-order valence-corrected chi connectivity index (χ4v) is 3.44. The minimum Gasteiger partial charge on any atom is -0.444 e. The Bertz CT molecular complexity index is 1140. The summed E-state index contributed by atoms with van der Waals surface area (Å²) < 4.78 is 5.39. The average molecular weight is 528 g/mol. The number of nitrogens with zero attached hydrogens (tertiary/aromatic N) is 2. The number of nitrogens with two attached hydrogens (primary N) is 1. The highest BCUT2D eigenvalue weighted by atomic mass is 16.6. The van der Waals surface area contributed by atoms with Crippen molar-refractivity contribution in [2.24, 2.45) is 11.7 Å². The molecule has 0 aliphatic rings. The summed E-state index contributed by atoms with van der Waals surface area (Å²) >= 11 is 0. The van der Waals surface area contributed by atoms with Crippen LogP contribution in [0.5, 0.6) is 0 Å². The van der Waals surface area contributed by atoms with E-state index in [9.17, 15) is 29.3 Å². The smallest absolute Gasteiger partial charge is 0.417 e. The van der Waals surface area contributed by atoms with E-state index in [1.165, 1.54) is 38.1 Å². The molecule has 0 heterocycles. The Kier molecular flexibility index (Phi) is 10.9. The molecule has 0 radical (unpaired) electrons. The van der Waals surface area contributed by atoms with Gasteiger partial charge in [-0.15, -0.1) is 0 Å². The molecule has 4 amide bonds. The molecule has 2 aromatic rings. The van der Waals surface area contributed by atoms with Crippen LogP contribution in [0, 0.1) is 16.0 Å². The standard InChI is InChI=1S/C26H33N5O7/c1-16(2)14-22(24(33)29-20-10-12-21(13-11-20)31(36)37)30(25(34)18(4)28-23(32)17(3)27)26(35)38-15-19-8-6-5-7-9-19/h5-13,16-18,22H,14-15,27H2,1-4H3,(H,28,32)(H,29,33)/t17-,18-,22-/m0/s1. The molecule has 0 aromatic heterocycles. The van der Waals surface area contributed by atoms with Gasteiger partial charge in [0.1, 0.15) is 18.7 Å². The highest BCUT2D eigenvalue weighted by Crippen LogP contribution is 2.20. The number of hydrogen-bond donors (Lipinski definition) is 3. The van der Waals surface area contributed by atoms with Crippen LogP contribution in [0.15, 0.2) is 54.6 Å². The van der Waals surface area contributed by atoms with Crippen molar-refractivity contribution in [3.8, 4) is 0 Å². The molecule has 0 saturated heterocycles. The molecule has 3 atom stereocenters. The van der Waals surface area contributed by atoms with Crippen LogP contribution in [0.3, 0.4) is 0 Å². The second kappa shape index (κ2) is 13.8. The number of anilines is 1. The molecule has 12 nitrogen and oxygen atoms in total. The van der Waals surface area contributed by atoms with E-state index < -0.39 is 46.9 Å². The number of ether oxygens (including phenoxy) is 1. The Morgan fingerprint density at radius 1 is 0.974 bits per heavy atom. The Labute approximate surface area is 220 Å². The van der Waals surface area contributed by atoms with Crippen LogP contribution >= 0.6 is 0 Å². The van der Waals surface area contributed by atoms with Gasteiger partial charge in [0.2, 0.25) is 11.8 Å². The second-order valence-electron chi connectivity index (χ2n) is 9.21. The van der Waals surface area contributed by atoms with Gasteiger partial charge in [-0.05, 0) is 43.9 Å². The van der Waals surface area contributed by atoms with E-state index in [-0.39, 0.29) is 30.3 Å². The summed E-state index contributed by atoms with van der Waals surface area (Å²) in [5.74, 6) is -2.31. The van der Waals surface area contributed by atoms with E-state index in [2.05, 4.69) is 10.6 Å². The lowest BCUT2D eigenvalue weighted by Gasteiger charge is -2.31. The summed E-state index contributed by atoms with van der Waals surface area (Å²) in [5, 5.41) is 16.0. The second-order valence-corrected chi connectivity index (χ2v) is 9.21. The van der Waals surface area contributed by atoms with Crippen molar-refractivity contribution < 1.29 is 28.8 Å². The van der Waals surface area contributed by atoms with Crippen LogP contribution in [-0.4, -0.2) is 51.8 Å². The molecule has 2 aromatic carbocycles. The molecule has 4 N–H and O–H groups in total. The van der Waals surface area contributed by atoms with Crippen LogP contribution in [0.4, 0.5) is 16.2 Å². The maximum absolute atomic E-state index is 13.5. The van der Waals surface area contributed by atoms with Gasteiger partial charge >= 0.3 is 6.09 Å². The van der Waals surface area contributed by atoms with Crippen molar-refractivity contribution in [2.75, 3.05) is 5.32 Å². The van der Waals surface area contributed by atoms with E-state index >= 15 is 0 Å². The molecule has 0 spiro atoms. The number of benzene rings is 2. The molecular formula is C26H33N5O7. The summed E-state index contributed by atoms with van der Waals surface area (Å²) in [6.07, 6.45) is -0.982. The number of carbonyl (C=O) groups excluding carboxylic acids is 4.